The van der Waals surface area contributed by atoms with Gasteiger partial charge in [-0.1, -0.05) is 65.4 Å². The molecule has 3 aromatic rings. The molecule has 7 nitrogen and oxygen atoms in total. The smallest absolute Gasteiger partial charge is 0.338 e. The van der Waals surface area contributed by atoms with Crippen LogP contribution in [0, 0.1) is 0 Å². The first-order chi connectivity index (χ1) is 17.2. The van der Waals surface area contributed by atoms with E-state index in [0.717, 1.165) is 0 Å². The van der Waals surface area contributed by atoms with E-state index in [1.807, 2.05) is 0 Å². The molecule has 0 saturated heterocycles. The summed E-state index contributed by atoms with van der Waals surface area (Å²) in [5.41, 5.74) is 1.64. The van der Waals surface area contributed by atoms with Crippen LogP contribution in [0.5, 0.6) is 5.75 Å². The van der Waals surface area contributed by atoms with Gasteiger partial charge in [-0.3, -0.25) is 14.2 Å². The molecule has 1 aromatic heterocycles. The van der Waals surface area contributed by atoms with E-state index < -0.39 is 18.0 Å². The summed E-state index contributed by atoms with van der Waals surface area (Å²) in [5, 5.41) is 0.776. The normalized spacial score (nSPS) is 15.2. The van der Waals surface area contributed by atoms with Crippen molar-refractivity contribution in [3.8, 4) is 5.75 Å². The zero-order valence-electron chi connectivity index (χ0n) is 19.3. The fourth-order valence-corrected chi connectivity index (χ4v) is 5.10. The molecule has 0 N–H and O–H groups in total. The summed E-state index contributed by atoms with van der Waals surface area (Å²) in [4.78, 5) is 42.9. The number of esters is 2. The largest absolute Gasteiger partial charge is 0.458 e. The SMILES string of the molecule is C=CCOC(=O)C1=C(C)N=c2s/c(=C/c3ccc(Cl)c(Cl)c3)c(=O)n2[C@@H]1c1ccc(OC(C)=O)cc1. The van der Waals surface area contributed by atoms with Gasteiger partial charge in [0.2, 0.25) is 0 Å². The van der Waals surface area contributed by atoms with Crippen molar-refractivity contribution in [1.82, 2.24) is 4.57 Å². The number of carbonyl (C=O) groups excluding carboxylic acids is 2. The summed E-state index contributed by atoms with van der Waals surface area (Å²) in [6, 6.07) is 10.8. The summed E-state index contributed by atoms with van der Waals surface area (Å²) < 4.78 is 12.3. The van der Waals surface area contributed by atoms with Crippen molar-refractivity contribution in [2.24, 2.45) is 4.99 Å². The van der Waals surface area contributed by atoms with Gasteiger partial charge in [0.15, 0.2) is 4.80 Å². The summed E-state index contributed by atoms with van der Waals surface area (Å²) in [6.45, 7) is 6.59. The lowest BCUT2D eigenvalue weighted by molar-refractivity contribution is -0.138. The molecule has 1 aliphatic rings. The first kappa shape index (κ1) is 25.6. The zero-order chi connectivity index (χ0) is 26.0. The van der Waals surface area contributed by atoms with E-state index in [1.165, 1.54) is 28.9 Å². The molecule has 0 radical (unpaired) electrons. The Kier molecular flexibility index (Phi) is 7.59. The number of hydrogen-bond acceptors (Lipinski definition) is 7. The zero-order valence-corrected chi connectivity index (χ0v) is 21.6. The molecule has 184 valence electrons. The van der Waals surface area contributed by atoms with Gasteiger partial charge < -0.3 is 9.47 Å². The molecule has 0 unspecified atom stereocenters. The van der Waals surface area contributed by atoms with Crippen molar-refractivity contribution < 1.29 is 19.1 Å². The van der Waals surface area contributed by atoms with Gasteiger partial charge in [-0.25, -0.2) is 9.79 Å². The van der Waals surface area contributed by atoms with Crippen LogP contribution < -0.4 is 19.6 Å². The highest BCUT2D eigenvalue weighted by Crippen LogP contribution is 2.31. The second kappa shape index (κ2) is 10.7. The van der Waals surface area contributed by atoms with Gasteiger partial charge in [-0.05, 0) is 48.4 Å². The van der Waals surface area contributed by atoms with Crippen LogP contribution in [0.2, 0.25) is 10.0 Å². The highest BCUT2D eigenvalue weighted by molar-refractivity contribution is 7.07. The maximum absolute atomic E-state index is 13.6. The Labute approximate surface area is 220 Å². The minimum absolute atomic E-state index is 0.00939. The minimum Gasteiger partial charge on any atom is -0.458 e. The molecule has 0 spiro atoms. The van der Waals surface area contributed by atoms with E-state index in [1.54, 1.807) is 55.5 Å². The first-order valence-corrected chi connectivity index (χ1v) is 12.3. The Morgan fingerprint density at radius 1 is 1.17 bits per heavy atom. The number of hydrogen-bond donors (Lipinski definition) is 0. The molecule has 1 aliphatic heterocycles. The van der Waals surface area contributed by atoms with Crippen LogP contribution >= 0.6 is 34.5 Å². The number of fused-ring (bicyclic) bond motifs is 1. The number of thiazole rings is 1. The van der Waals surface area contributed by atoms with Crippen LogP contribution in [0.4, 0.5) is 0 Å². The number of aromatic nitrogens is 1. The Morgan fingerprint density at radius 2 is 1.89 bits per heavy atom. The van der Waals surface area contributed by atoms with Crippen molar-refractivity contribution in [3.05, 3.63) is 107 Å². The van der Waals surface area contributed by atoms with Crippen molar-refractivity contribution >= 4 is 52.6 Å². The van der Waals surface area contributed by atoms with Gasteiger partial charge in [0.25, 0.3) is 5.56 Å². The summed E-state index contributed by atoms with van der Waals surface area (Å²) >= 11 is 13.3. The third-order valence-corrected chi connectivity index (χ3v) is 6.99. The predicted octanol–water partition coefficient (Wildman–Crippen LogP) is 4.20. The fraction of sp³-hybridized carbons (Fsp3) is 0.154. The van der Waals surface area contributed by atoms with Crippen molar-refractivity contribution in [3.63, 3.8) is 0 Å². The van der Waals surface area contributed by atoms with E-state index in [4.69, 9.17) is 32.7 Å². The van der Waals surface area contributed by atoms with E-state index >= 15 is 0 Å². The van der Waals surface area contributed by atoms with E-state index in [2.05, 4.69) is 11.6 Å². The van der Waals surface area contributed by atoms with Crippen LogP contribution in [0.3, 0.4) is 0 Å². The molecule has 0 aliphatic carbocycles. The molecule has 10 heteroatoms. The second-order valence-corrected chi connectivity index (χ2v) is 9.63. The molecule has 2 heterocycles. The Hall–Kier alpha value is -3.46. The van der Waals surface area contributed by atoms with Crippen LogP contribution in [0.25, 0.3) is 6.08 Å². The topological polar surface area (TPSA) is 87.0 Å². The minimum atomic E-state index is -0.805. The maximum Gasteiger partial charge on any atom is 0.338 e. The molecule has 4 rings (SSSR count). The molecule has 0 bridgehead atoms. The number of rotatable bonds is 6. The molecule has 36 heavy (non-hydrogen) atoms. The number of allylic oxidation sites excluding steroid dienone is 1. The summed E-state index contributed by atoms with van der Waals surface area (Å²) in [7, 11) is 0. The van der Waals surface area contributed by atoms with Gasteiger partial charge in [-0.2, -0.15) is 0 Å². The lowest BCUT2D eigenvalue weighted by atomic mass is 9.96. The van der Waals surface area contributed by atoms with Crippen molar-refractivity contribution in [2.45, 2.75) is 19.9 Å². The third kappa shape index (κ3) is 5.21. The number of benzene rings is 2. The van der Waals surface area contributed by atoms with Crippen LogP contribution in [-0.2, 0) is 14.3 Å². The summed E-state index contributed by atoms with van der Waals surface area (Å²) in [6.07, 6.45) is 3.16. The molecular formula is C26H20Cl2N2O5S. The van der Waals surface area contributed by atoms with Gasteiger partial charge in [0.1, 0.15) is 12.4 Å². The number of halogens is 2. The molecule has 0 amide bonds. The van der Waals surface area contributed by atoms with Crippen molar-refractivity contribution in [2.75, 3.05) is 6.61 Å². The van der Waals surface area contributed by atoms with Crippen molar-refractivity contribution in [1.29, 1.82) is 0 Å². The molecule has 0 fully saturated rings. The molecule has 0 saturated carbocycles. The van der Waals surface area contributed by atoms with Gasteiger partial charge in [0, 0.05) is 6.92 Å². The maximum atomic E-state index is 13.6. The van der Waals surface area contributed by atoms with E-state index in [-0.39, 0.29) is 17.7 Å². The van der Waals surface area contributed by atoms with Gasteiger partial charge in [0.05, 0.1) is 31.9 Å². The predicted molar refractivity (Wildman–Crippen MR) is 139 cm³/mol. The van der Waals surface area contributed by atoms with Crippen LogP contribution in [0.15, 0.2) is 76.2 Å². The molecule has 1 atom stereocenters. The lowest BCUT2D eigenvalue weighted by Gasteiger charge is -2.24. The van der Waals surface area contributed by atoms with Crippen LogP contribution in [-0.4, -0.2) is 23.1 Å². The summed E-state index contributed by atoms with van der Waals surface area (Å²) in [5.74, 6) is -0.721. The van der Waals surface area contributed by atoms with Gasteiger partial charge >= 0.3 is 11.9 Å². The average molecular weight is 543 g/mol. The third-order valence-electron chi connectivity index (χ3n) is 5.27. The number of nitrogens with zero attached hydrogens (tertiary/aromatic N) is 2. The quantitative estimate of drug-likeness (QED) is 0.264. The Bertz CT molecular complexity index is 1590. The molecular weight excluding hydrogens is 523 g/mol. The Balaban J connectivity index is 1.89. The van der Waals surface area contributed by atoms with E-state index in [0.29, 0.717) is 42.0 Å². The molecule has 2 aromatic carbocycles. The van der Waals surface area contributed by atoms with Crippen LogP contribution in [0.1, 0.15) is 31.0 Å². The number of carbonyl (C=O) groups is 2. The highest BCUT2D eigenvalue weighted by atomic mass is 35.5. The van der Waals surface area contributed by atoms with E-state index in [9.17, 15) is 14.4 Å². The lowest BCUT2D eigenvalue weighted by Crippen LogP contribution is -2.39. The number of ether oxygens (including phenoxy) is 2. The average Bonchev–Trinajstić information content (AvgIpc) is 3.13. The standard InChI is InChI=1S/C26H20Cl2N2O5S/c1-4-11-34-25(33)22-14(2)29-26-30(23(22)17-6-8-18(9-7-17)35-15(3)31)24(32)21(36-26)13-16-5-10-19(27)20(28)12-16/h4-10,12-13,23H,1,11H2,2-3H3/b21-13+/t23-/m1/s1. The van der Waals surface area contributed by atoms with Gasteiger partial charge in [-0.15, -0.1) is 0 Å². The fourth-order valence-electron chi connectivity index (χ4n) is 3.75. The highest BCUT2D eigenvalue weighted by Gasteiger charge is 2.33. The monoisotopic (exact) mass is 542 g/mol. The first-order valence-electron chi connectivity index (χ1n) is 10.7. The Morgan fingerprint density at radius 3 is 2.53 bits per heavy atom. The second-order valence-electron chi connectivity index (χ2n) is 7.81.